The predicted molar refractivity (Wildman–Crippen MR) is 129 cm³/mol. The highest BCUT2D eigenvalue weighted by Crippen LogP contribution is 2.49. The summed E-state index contributed by atoms with van der Waals surface area (Å²) < 4.78 is 26.0. The molecule has 0 unspecified atom stereocenters. The number of nitrogens with zero attached hydrogens (tertiary/aromatic N) is 4. The lowest BCUT2D eigenvalue weighted by molar-refractivity contribution is 0.0248. The highest BCUT2D eigenvalue weighted by atomic mass is 19.1. The second-order valence-corrected chi connectivity index (χ2v) is 10.8. The second-order valence-electron chi connectivity index (χ2n) is 10.8. The fourth-order valence-electron chi connectivity index (χ4n) is 6.67. The highest BCUT2D eigenvalue weighted by Gasteiger charge is 2.49. The van der Waals surface area contributed by atoms with Gasteiger partial charge in [-0.3, -0.25) is 0 Å². The van der Waals surface area contributed by atoms with Crippen molar-refractivity contribution in [3.8, 4) is 5.75 Å². The lowest BCUT2D eigenvalue weighted by Gasteiger charge is -2.50. The van der Waals surface area contributed by atoms with Crippen molar-refractivity contribution in [2.24, 2.45) is 5.41 Å². The van der Waals surface area contributed by atoms with Crippen LogP contribution >= 0.6 is 0 Å². The van der Waals surface area contributed by atoms with Crippen molar-refractivity contribution in [2.45, 2.75) is 63.0 Å². The SMILES string of the molecule is Fc1ccc(OC2CCOCC2)c(C2CCN([C@H]3CCC4(C3)CN(c3cncnc3)C4)CC2)c1. The Balaban J connectivity index is 1.04. The van der Waals surface area contributed by atoms with Gasteiger partial charge in [0.15, 0.2) is 0 Å². The average molecular weight is 467 g/mol. The third-order valence-electron chi connectivity index (χ3n) is 8.56. The second kappa shape index (κ2) is 9.42. The van der Waals surface area contributed by atoms with Crippen LogP contribution in [0.1, 0.15) is 56.4 Å². The van der Waals surface area contributed by atoms with E-state index in [1.165, 1.54) is 25.3 Å². The maximum Gasteiger partial charge on any atom is 0.123 e. The topological polar surface area (TPSA) is 50.7 Å². The van der Waals surface area contributed by atoms with E-state index in [0.717, 1.165) is 82.1 Å². The molecule has 1 spiro atoms. The minimum atomic E-state index is -0.159. The fraction of sp³-hybridized carbons (Fsp3) is 0.630. The molecule has 1 aromatic carbocycles. The molecule has 2 aromatic rings. The molecule has 1 aliphatic carbocycles. The van der Waals surface area contributed by atoms with Gasteiger partial charge in [-0.1, -0.05) is 0 Å². The van der Waals surface area contributed by atoms with Crippen molar-refractivity contribution in [1.29, 1.82) is 0 Å². The van der Waals surface area contributed by atoms with Gasteiger partial charge in [0.05, 0.1) is 31.3 Å². The van der Waals surface area contributed by atoms with E-state index in [1.807, 2.05) is 18.5 Å². The van der Waals surface area contributed by atoms with E-state index >= 15 is 0 Å². The van der Waals surface area contributed by atoms with E-state index in [4.69, 9.17) is 9.47 Å². The molecule has 0 bridgehead atoms. The molecule has 4 aliphatic rings. The molecule has 1 atom stereocenters. The molecule has 3 saturated heterocycles. The standard InChI is InChI=1S/C27H35FN4O2/c28-21-1-2-26(34-24-6-11-33-12-7-24)25(13-21)20-4-9-31(10-5-20)22-3-8-27(14-22)17-32(18-27)23-15-29-19-30-16-23/h1-2,13,15-16,19-20,22,24H,3-12,14,17-18H2/t22-/m0/s1. The summed E-state index contributed by atoms with van der Waals surface area (Å²) in [5.41, 5.74) is 2.67. The van der Waals surface area contributed by atoms with Gasteiger partial charge in [0.25, 0.3) is 0 Å². The molecular weight excluding hydrogens is 431 g/mol. The maximum atomic E-state index is 14.2. The minimum Gasteiger partial charge on any atom is -0.490 e. The van der Waals surface area contributed by atoms with Crippen LogP contribution in [-0.4, -0.2) is 66.4 Å². The zero-order chi connectivity index (χ0) is 23.0. The third-order valence-corrected chi connectivity index (χ3v) is 8.56. The molecule has 0 N–H and O–H groups in total. The normalized spacial score (nSPS) is 26.0. The summed E-state index contributed by atoms with van der Waals surface area (Å²) in [5, 5.41) is 0. The van der Waals surface area contributed by atoms with E-state index in [1.54, 1.807) is 12.4 Å². The highest BCUT2D eigenvalue weighted by molar-refractivity contribution is 5.46. The van der Waals surface area contributed by atoms with E-state index in [9.17, 15) is 4.39 Å². The van der Waals surface area contributed by atoms with Crippen molar-refractivity contribution in [3.05, 3.63) is 48.3 Å². The Morgan fingerprint density at radius 1 is 1.00 bits per heavy atom. The van der Waals surface area contributed by atoms with Crippen molar-refractivity contribution >= 4 is 5.69 Å². The number of benzene rings is 1. The van der Waals surface area contributed by atoms with Crippen LogP contribution in [0.2, 0.25) is 0 Å². The van der Waals surface area contributed by atoms with E-state index in [2.05, 4.69) is 19.8 Å². The van der Waals surface area contributed by atoms with E-state index in [-0.39, 0.29) is 11.9 Å². The van der Waals surface area contributed by atoms with Crippen LogP contribution in [0.4, 0.5) is 10.1 Å². The van der Waals surface area contributed by atoms with Crippen LogP contribution in [0, 0.1) is 11.2 Å². The first-order valence-electron chi connectivity index (χ1n) is 13.0. The Kier molecular flexibility index (Phi) is 6.16. The van der Waals surface area contributed by atoms with Gasteiger partial charge in [-0.2, -0.15) is 0 Å². The number of hydrogen-bond donors (Lipinski definition) is 0. The number of piperidine rings is 1. The monoisotopic (exact) mass is 466 g/mol. The summed E-state index contributed by atoms with van der Waals surface area (Å²) in [6.45, 7) is 5.94. The van der Waals surface area contributed by atoms with Crippen LogP contribution in [0.25, 0.3) is 0 Å². The van der Waals surface area contributed by atoms with Gasteiger partial charge in [-0.15, -0.1) is 0 Å². The fourth-order valence-corrected chi connectivity index (χ4v) is 6.67. The van der Waals surface area contributed by atoms with Crippen molar-refractivity contribution in [1.82, 2.24) is 14.9 Å². The number of likely N-dealkylation sites (tertiary alicyclic amines) is 1. The summed E-state index contributed by atoms with van der Waals surface area (Å²) in [4.78, 5) is 13.5. The van der Waals surface area contributed by atoms with Gasteiger partial charge < -0.3 is 19.3 Å². The smallest absolute Gasteiger partial charge is 0.123 e. The maximum absolute atomic E-state index is 14.2. The van der Waals surface area contributed by atoms with Crippen molar-refractivity contribution in [3.63, 3.8) is 0 Å². The van der Waals surface area contributed by atoms with Gasteiger partial charge >= 0.3 is 0 Å². The van der Waals surface area contributed by atoms with Crippen LogP contribution < -0.4 is 9.64 Å². The molecule has 6 rings (SSSR count). The molecule has 0 radical (unpaired) electrons. The van der Waals surface area contributed by atoms with E-state index in [0.29, 0.717) is 17.4 Å². The van der Waals surface area contributed by atoms with Crippen LogP contribution in [0.3, 0.4) is 0 Å². The number of hydrogen-bond acceptors (Lipinski definition) is 6. The zero-order valence-electron chi connectivity index (χ0n) is 19.9. The summed E-state index contributed by atoms with van der Waals surface area (Å²) in [6, 6.07) is 5.78. The first-order chi connectivity index (χ1) is 16.7. The Labute approximate surface area is 201 Å². The molecule has 6 nitrogen and oxygen atoms in total. The Morgan fingerprint density at radius 2 is 1.76 bits per heavy atom. The predicted octanol–water partition coefficient (Wildman–Crippen LogP) is 4.41. The summed E-state index contributed by atoms with van der Waals surface area (Å²) in [5.74, 6) is 1.09. The summed E-state index contributed by atoms with van der Waals surface area (Å²) >= 11 is 0. The molecule has 182 valence electrons. The molecule has 34 heavy (non-hydrogen) atoms. The first-order valence-corrected chi connectivity index (χ1v) is 13.0. The molecule has 4 heterocycles. The number of aromatic nitrogens is 2. The lowest BCUT2D eigenvalue weighted by atomic mass is 9.77. The average Bonchev–Trinajstić information content (AvgIpc) is 3.32. The molecule has 1 aromatic heterocycles. The number of rotatable bonds is 5. The Morgan fingerprint density at radius 3 is 2.53 bits per heavy atom. The molecule has 0 amide bonds. The van der Waals surface area contributed by atoms with Crippen molar-refractivity contribution in [2.75, 3.05) is 44.3 Å². The largest absolute Gasteiger partial charge is 0.490 e. The van der Waals surface area contributed by atoms with Gasteiger partial charge in [0.2, 0.25) is 0 Å². The van der Waals surface area contributed by atoms with Crippen LogP contribution in [-0.2, 0) is 4.74 Å². The minimum absolute atomic E-state index is 0.159. The van der Waals surface area contributed by atoms with Crippen molar-refractivity contribution < 1.29 is 13.9 Å². The van der Waals surface area contributed by atoms with Gasteiger partial charge in [0.1, 0.15) is 24.0 Å². The molecule has 1 saturated carbocycles. The van der Waals surface area contributed by atoms with Gasteiger partial charge in [-0.25, -0.2) is 14.4 Å². The van der Waals surface area contributed by atoms with E-state index < -0.39 is 0 Å². The van der Waals surface area contributed by atoms with Gasteiger partial charge in [-0.05, 0) is 69.3 Å². The molecular formula is C27H35FN4O2. The Hall–Kier alpha value is -2.25. The summed E-state index contributed by atoms with van der Waals surface area (Å²) in [7, 11) is 0. The molecule has 7 heteroatoms. The van der Waals surface area contributed by atoms with Gasteiger partial charge in [0, 0.05) is 43.0 Å². The number of ether oxygens (including phenoxy) is 2. The number of halogens is 1. The quantitative estimate of drug-likeness (QED) is 0.651. The zero-order valence-corrected chi connectivity index (χ0v) is 19.9. The lowest BCUT2D eigenvalue weighted by Crippen LogP contribution is -2.56. The molecule has 3 aliphatic heterocycles. The summed E-state index contributed by atoms with van der Waals surface area (Å²) in [6.07, 6.45) is 13.5. The first kappa shape index (κ1) is 22.2. The van der Waals surface area contributed by atoms with Crippen LogP contribution in [0.15, 0.2) is 36.9 Å². The number of anilines is 1. The third kappa shape index (κ3) is 4.52. The van der Waals surface area contributed by atoms with Crippen LogP contribution in [0.5, 0.6) is 5.75 Å². The Bertz CT molecular complexity index is 970. The molecule has 4 fully saturated rings.